The molecule has 0 spiro atoms. The summed E-state index contributed by atoms with van der Waals surface area (Å²) >= 11 is 1.61. The van der Waals surface area contributed by atoms with Crippen LogP contribution in [-0.4, -0.2) is 28.9 Å². The molecule has 0 saturated heterocycles. The highest BCUT2D eigenvalue weighted by Gasteiger charge is 2.58. The molecule has 1 aromatic heterocycles. The Morgan fingerprint density at radius 1 is 1.38 bits per heavy atom. The first-order valence-electron chi connectivity index (χ1n) is 11.0. The zero-order chi connectivity index (χ0) is 21.4. The molecule has 1 amide bonds. The lowest BCUT2D eigenvalue weighted by atomic mass is 9.65. The summed E-state index contributed by atoms with van der Waals surface area (Å²) in [6, 6.07) is 0. The van der Waals surface area contributed by atoms with E-state index < -0.39 is 0 Å². The van der Waals surface area contributed by atoms with Crippen LogP contribution in [0.25, 0.3) is 0 Å². The van der Waals surface area contributed by atoms with E-state index in [0.717, 1.165) is 49.2 Å². The monoisotopic (exact) mass is 419 g/mol. The molecule has 29 heavy (non-hydrogen) atoms. The van der Waals surface area contributed by atoms with Gasteiger partial charge in [-0.05, 0) is 63.4 Å². The molecule has 0 radical (unpaired) electrons. The maximum absolute atomic E-state index is 13.4. The van der Waals surface area contributed by atoms with E-state index in [0.29, 0.717) is 6.61 Å². The van der Waals surface area contributed by atoms with Gasteiger partial charge in [0.15, 0.2) is 5.90 Å². The van der Waals surface area contributed by atoms with Crippen molar-refractivity contribution in [1.29, 1.82) is 0 Å². The number of aromatic nitrogens is 1. The van der Waals surface area contributed by atoms with E-state index in [1.54, 1.807) is 11.5 Å². The predicted molar refractivity (Wildman–Crippen MR) is 119 cm³/mol. The molecular weight excluding hydrogens is 382 g/mol. The fourth-order valence-corrected chi connectivity index (χ4v) is 5.54. The fraction of sp³-hybridized carbons (Fsp3) is 0.783. The molecule has 1 fully saturated rings. The predicted octanol–water partition coefficient (Wildman–Crippen LogP) is 4.95. The molecule has 6 heteroatoms. The van der Waals surface area contributed by atoms with Crippen LogP contribution < -0.4 is 4.67 Å². The summed E-state index contributed by atoms with van der Waals surface area (Å²) in [6.07, 6.45) is 7.16. The van der Waals surface area contributed by atoms with Crippen molar-refractivity contribution >= 4 is 23.3 Å². The van der Waals surface area contributed by atoms with Gasteiger partial charge in [-0.2, -0.15) is 0 Å². The van der Waals surface area contributed by atoms with Gasteiger partial charge in [0, 0.05) is 28.6 Å². The minimum absolute atomic E-state index is 0.00833. The molecule has 1 aliphatic carbocycles. The molecule has 0 unspecified atom stereocenters. The number of ether oxygens (including phenoxy) is 1. The second-order valence-electron chi connectivity index (χ2n) is 10.3. The average Bonchev–Trinajstić information content (AvgIpc) is 3.33. The van der Waals surface area contributed by atoms with Crippen molar-refractivity contribution in [3.05, 3.63) is 16.4 Å². The Bertz CT molecular complexity index is 856. The molecule has 0 N–H and O–H groups in total. The van der Waals surface area contributed by atoms with Gasteiger partial charge in [-0.25, -0.2) is 4.99 Å². The Kier molecular flexibility index (Phi) is 6.15. The van der Waals surface area contributed by atoms with E-state index in [9.17, 15) is 4.79 Å². The molecule has 5 nitrogen and oxygen atoms in total. The van der Waals surface area contributed by atoms with E-state index in [1.807, 2.05) is 0 Å². The van der Waals surface area contributed by atoms with Crippen molar-refractivity contribution in [2.75, 3.05) is 13.2 Å². The Labute approximate surface area is 179 Å². The lowest BCUT2D eigenvalue weighted by molar-refractivity contribution is -0.125. The number of carbonyl (C=O) groups is 1. The zero-order valence-corrected chi connectivity index (χ0v) is 20.0. The number of unbranched alkanes of at least 4 members (excludes halogenated alkanes) is 1. The summed E-state index contributed by atoms with van der Waals surface area (Å²) in [4.78, 5) is 22.7. The minimum Gasteiger partial charge on any atom is -0.479 e. The van der Waals surface area contributed by atoms with Gasteiger partial charge < -0.3 is 4.74 Å². The molecule has 3 rings (SSSR count). The van der Waals surface area contributed by atoms with Gasteiger partial charge in [0.2, 0.25) is 0 Å². The lowest BCUT2D eigenvalue weighted by Gasteiger charge is -2.39. The smallest absolute Gasteiger partial charge is 0.250 e. The van der Waals surface area contributed by atoms with Crippen LogP contribution in [0.4, 0.5) is 0 Å². The average molecular weight is 420 g/mol. The molecule has 2 atom stereocenters. The summed E-state index contributed by atoms with van der Waals surface area (Å²) in [6.45, 7) is 16.7. The van der Waals surface area contributed by atoms with Gasteiger partial charge in [0.1, 0.15) is 11.3 Å². The minimum atomic E-state index is -0.238. The Morgan fingerprint density at radius 2 is 2.10 bits per heavy atom. The second kappa shape index (κ2) is 8.01. The normalized spacial score (nSPS) is 27.2. The van der Waals surface area contributed by atoms with Crippen LogP contribution in [0, 0.1) is 16.7 Å². The standard InChI is InChI=1S/C23H37N3O2S/c1-8-9-10-16-15-26(21(2,3)4)29-19(16)25-18(27)17-11-12-23(7,22(17,5)6)20-24-13-14-28-20/h15,17H,8-14H2,1-7H3/b25-19-/t17-,23+/m1/s1. The lowest BCUT2D eigenvalue weighted by Crippen LogP contribution is -2.42. The highest BCUT2D eigenvalue weighted by Crippen LogP contribution is 2.57. The van der Waals surface area contributed by atoms with Crippen molar-refractivity contribution in [2.24, 2.45) is 26.7 Å². The third kappa shape index (κ3) is 4.10. The van der Waals surface area contributed by atoms with Gasteiger partial charge in [-0.1, -0.05) is 34.1 Å². The van der Waals surface area contributed by atoms with Crippen LogP contribution in [0.2, 0.25) is 0 Å². The SMILES string of the molecule is CCCCc1cn(C(C)(C)C)s/c1=N\C(=O)[C@H]1CC[C@@](C)(C2=NCCO2)C1(C)C. The van der Waals surface area contributed by atoms with Gasteiger partial charge in [0.25, 0.3) is 5.91 Å². The number of hydrogen-bond acceptors (Lipinski definition) is 4. The Morgan fingerprint density at radius 3 is 2.69 bits per heavy atom. The molecule has 162 valence electrons. The van der Waals surface area contributed by atoms with Crippen LogP contribution in [0.1, 0.15) is 79.7 Å². The molecule has 2 aliphatic rings. The van der Waals surface area contributed by atoms with Crippen molar-refractivity contribution in [3.63, 3.8) is 0 Å². The Balaban J connectivity index is 1.93. The van der Waals surface area contributed by atoms with Crippen LogP contribution >= 0.6 is 11.5 Å². The van der Waals surface area contributed by atoms with Crippen molar-refractivity contribution in [3.8, 4) is 0 Å². The van der Waals surface area contributed by atoms with Gasteiger partial charge >= 0.3 is 0 Å². The van der Waals surface area contributed by atoms with E-state index in [2.05, 4.69) is 63.6 Å². The van der Waals surface area contributed by atoms with Gasteiger partial charge in [-0.3, -0.25) is 13.7 Å². The number of amides is 1. The molecule has 1 saturated carbocycles. The van der Waals surface area contributed by atoms with Gasteiger partial charge in [0.05, 0.1) is 6.54 Å². The number of rotatable bonds is 5. The highest BCUT2D eigenvalue weighted by molar-refractivity contribution is 7.04. The quantitative estimate of drug-likeness (QED) is 0.678. The molecule has 1 aromatic rings. The van der Waals surface area contributed by atoms with Gasteiger partial charge in [-0.15, -0.1) is 0 Å². The van der Waals surface area contributed by atoms with E-state index >= 15 is 0 Å². The number of carbonyl (C=O) groups excluding carboxylic acids is 1. The summed E-state index contributed by atoms with van der Waals surface area (Å²) < 4.78 is 8.95. The topological polar surface area (TPSA) is 56.0 Å². The second-order valence-corrected chi connectivity index (χ2v) is 11.2. The summed E-state index contributed by atoms with van der Waals surface area (Å²) in [5, 5.41) is 0. The molecular formula is C23H37N3O2S. The summed E-state index contributed by atoms with van der Waals surface area (Å²) in [5.74, 6) is 0.740. The van der Waals surface area contributed by atoms with Crippen LogP contribution in [0.3, 0.4) is 0 Å². The first kappa shape index (κ1) is 22.3. The number of nitrogens with zero attached hydrogens (tertiary/aromatic N) is 3. The van der Waals surface area contributed by atoms with Crippen molar-refractivity contribution < 1.29 is 9.53 Å². The van der Waals surface area contributed by atoms with Crippen LogP contribution in [-0.2, 0) is 21.5 Å². The van der Waals surface area contributed by atoms with Crippen molar-refractivity contribution in [1.82, 2.24) is 3.96 Å². The van der Waals surface area contributed by atoms with Crippen molar-refractivity contribution in [2.45, 2.75) is 86.1 Å². The van der Waals surface area contributed by atoms with E-state index in [-0.39, 0.29) is 28.2 Å². The Hall–Kier alpha value is -1.43. The zero-order valence-electron chi connectivity index (χ0n) is 19.2. The largest absolute Gasteiger partial charge is 0.479 e. The molecule has 0 aromatic carbocycles. The molecule has 0 bridgehead atoms. The number of hydrogen-bond donors (Lipinski definition) is 0. The maximum atomic E-state index is 13.4. The van der Waals surface area contributed by atoms with E-state index in [4.69, 9.17) is 9.73 Å². The first-order chi connectivity index (χ1) is 13.5. The summed E-state index contributed by atoms with van der Waals surface area (Å²) in [5.41, 5.74) is 0.746. The van der Waals surface area contributed by atoms with Crippen LogP contribution in [0.5, 0.6) is 0 Å². The van der Waals surface area contributed by atoms with Crippen LogP contribution in [0.15, 0.2) is 16.2 Å². The highest BCUT2D eigenvalue weighted by atomic mass is 32.1. The fourth-order valence-electron chi connectivity index (χ4n) is 4.50. The molecule has 2 heterocycles. The van der Waals surface area contributed by atoms with E-state index in [1.165, 1.54) is 5.56 Å². The third-order valence-corrected chi connectivity index (χ3v) is 8.36. The third-order valence-electron chi connectivity index (χ3n) is 6.99. The first-order valence-corrected chi connectivity index (χ1v) is 11.8. The number of aryl methyl sites for hydroxylation is 1. The molecule has 1 aliphatic heterocycles. The number of aliphatic imine (C=N–C) groups is 1. The summed E-state index contributed by atoms with van der Waals surface area (Å²) in [7, 11) is 0. The maximum Gasteiger partial charge on any atom is 0.250 e.